The molecule has 56 heavy (non-hydrogen) atoms. The fraction of sp³-hybridized carbons (Fsp3) is 0.390. The van der Waals surface area contributed by atoms with Crippen molar-refractivity contribution < 1.29 is 38.2 Å². The summed E-state index contributed by atoms with van der Waals surface area (Å²) in [6.07, 6.45) is -0.151. The number of hydrogen-bond acceptors (Lipinski definition) is 10. The molecule has 3 N–H and O–H groups in total. The summed E-state index contributed by atoms with van der Waals surface area (Å²) in [5, 5.41) is 18.0. The van der Waals surface area contributed by atoms with Crippen LogP contribution in [0.3, 0.4) is 0 Å². The summed E-state index contributed by atoms with van der Waals surface area (Å²) in [5.41, 5.74) is 1.90. The summed E-state index contributed by atoms with van der Waals surface area (Å²) in [6.45, 7) is 9.58. The van der Waals surface area contributed by atoms with Crippen LogP contribution in [0.25, 0.3) is 0 Å². The average Bonchev–Trinajstić information content (AvgIpc) is 3.61. The van der Waals surface area contributed by atoms with Crippen molar-refractivity contribution in [2.24, 2.45) is 10.8 Å². The van der Waals surface area contributed by atoms with Crippen LogP contribution in [-0.2, 0) is 20.9 Å². The van der Waals surface area contributed by atoms with Crippen LogP contribution < -0.4 is 20.7 Å². The maximum Gasteiger partial charge on any atom is 0.264 e. The minimum absolute atomic E-state index is 0.0372. The first-order valence-corrected chi connectivity index (χ1v) is 18.8. The smallest absolute Gasteiger partial charge is 0.264 e. The number of benzene rings is 3. The third-order valence-electron chi connectivity index (χ3n) is 11.2. The van der Waals surface area contributed by atoms with E-state index in [0.29, 0.717) is 52.8 Å². The highest BCUT2D eigenvalue weighted by atomic mass is 35.5. The van der Waals surface area contributed by atoms with Crippen molar-refractivity contribution >= 4 is 52.7 Å². The third-order valence-corrected chi connectivity index (χ3v) is 11.5. The number of anilines is 1. The first-order chi connectivity index (χ1) is 26.6. The molecule has 1 saturated carbocycles. The van der Waals surface area contributed by atoms with Gasteiger partial charge in [0.1, 0.15) is 24.0 Å². The number of imide groups is 2. The highest BCUT2D eigenvalue weighted by Gasteiger charge is 2.64. The summed E-state index contributed by atoms with van der Waals surface area (Å²) in [4.78, 5) is 79.9. The number of ether oxygens (including phenoxy) is 2. The summed E-state index contributed by atoms with van der Waals surface area (Å²) >= 11 is 6.23. The van der Waals surface area contributed by atoms with Crippen LogP contribution in [0.1, 0.15) is 93.1 Å². The second-order valence-corrected chi connectivity index (χ2v) is 16.0. The Balaban J connectivity index is 0.888. The molecule has 0 bridgehead atoms. The Morgan fingerprint density at radius 1 is 0.964 bits per heavy atom. The lowest BCUT2D eigenvalue weighted by atomic mass is 9.49. The first-order valence-electron chi connectivity index (χ1n) is 18.4. The monoisotopic (exact) mass is 780 g/mol. The molecule has 1 saturated heterocycles. The molecule has 0 spiro atoms. The zero-order valence-corrected chi connectivity index (χ0v) is 32.1. The Bertz CT molecular complexity index is 2210. The Hall–Kier alpha value is -5.78. The number of amides is 6. The molecule has 3 aromatic carbocycles. The van der Waals surface area contributed by atoms with Gasteiger partial charge >= 0.3 is 0 Å². The van der Waals surface area contributed by atoms with Gasteiger partial charge in [0.05, 0.1) is 34.9 Å². The largest absolute Gasteiger partial charge is 0.489 e. The molecule has 6 amide bonds. The number of hydrogen-bond donors (Lipinski definition) is 3. The average molecular weight is 781 g/mol. The second-order valence-electron chi connectivity index (χ2n) is 15.6. The molecule has 1 unspecified atom stereocenters. The van der Waals surface area contributed by atoms with Gasteiger partial charge in [-0.1, -0.05) is 51.4 Å². The number of nitriles is 1. The van der Waals surface area contributed by atoms with E-state index >= 15 is 0 Å². The molecule has 3 heterocycles. The van der Waals surface area contributed by atoms with Crippen LogP contribution in [0.5, 0.6) is 5.75 Å². The van der Waals surface area contributed by atoms with E-state index in [0.717, 1.165) is 10.5 Å². The lowest BCUT2D eigenvalue weighted by Gasteiger charge is -2.63. The summed E-state index contributed by atoms with van der Waals surface area (Å²) in [5.74, 6) is -2.23. The van der Waals surface area contributed by atoms with Crippen LogP contribution in [-0.4, -0.2) is 89.7 Å². The van der Waals surface area contributed by atoms with E-state index in [9.17, 15) is 34.0 Å². The fourth-order valence-electron chi connectivity index (χ4n) is 8.69. The number of carbonyl (C=O) groups is 6. The number of nitrogens with zero attached hydrogens (tertiary/aromatic N) is 3. The standard InChI is InChI=1S/C41H41ClN6O8/c1-40(2)38(41(3,4)39(40)56-25-11-10-23(20-43)28(42)19-25)46-33(50)22-8-9-24-21-47(35(52)27(24)18-22)15-17-55-16-14-44-29-7-5-6-26-32(29)37(54)48(36(26)53)30-12-13-31(49)45-34(30)51/h5-11,18-19,30,38-39,44H,12-17,21H2,1-4H3,(H,46,50)(H,45,49,51). The van der Waals surface area contributed by atoms with Crippen molar-refractivity contribution in [3.63, 3.8) is 0 Å². The van der Waals surface area contributed by atoms with E-state index in [-0.39, 0.29) is 61.1 Å². The summed E-state index contributed by atoms with van der Waals surface area (Å²) < 4.78 is 12.1. The molecule has 7 rings (SSSR count). The molecule has 14 nitrogen and oxygen atoms in total. The van der Waals surface area contributed by atoms with Crippen molar-refractivity contribution in [1.82, 2.24) is 20.4 Å². The molecule has 1 aliphatic carbocycles. The first kappa shape index (κ1) is 38.5. The molecule has 4 aliphatic rings. The Morgan fingerprint density at radius 3 is 2.45 bits per heavy atom. The molecule has 0 radical (unpaired) electrons. The predicted octanol–water partition coefficient (Wildman–Crippen LogP) is 4.31. The van der Waals surface area contributed by atoms with Gasteiger partial charge in [-0.2, -0.15) is 5.26 Å². The minimum Gasteiger partial charge on any atom is -0.489 e. The number of halogens is 1. The quantitative estimate of drug-likeness (QED) is 0.177. The molecular weight excluding hydrogens is 740 g/mol. The zero-order valence-electron chi connectivity index (χ0n) is 31.4. The summed E-state index contributed by atoms with van der Waals surface area (Å²) in [6, 6.07) is 15.7. The minimum atomic E-state index is -1.05. The maximum atomic E-state index is 13.6. The molecule has 1 atom stereocenters. The van der Waals surface area contributed by atoms with Gasteiger partial charge in [0, 0.05) is 65.8 Å². The topological polar surface area (TPSA) is 187 Å². The van der Waals surface area contributed by atoms with Crippen molar-refractivity contribution in [3.8, 4) is 11.8 Å². The zero-order chi connectivity index (χ0) is 40.1. The second kappa shape index (κ2) is 14.7. The van der Waals surface area contributed by atoms with Gasteiger partial charge in [0.15, 0.2) is 0 Å². The number of piperidine rings is 1. The van der Waals surface area contributed by atoms with Crippen LogP contribution in [0.2, 0.25) is 5.02 Å². The lowest BCUT2D eigenvalue weighted by Crippen LogP contribution is -2.74. The van der Waals surface area contributed by atoms with Crippen molar-refractivity contribution in [2.75, 3.05) is 31.6 Å². The van der Waals surface area contributed by atoms with Crippen LogP contribution in [0, 0.1) is 22.2 Å². The van der Waals surface area contributed by atoms with Gasteiger partial charge in [-0.25, -0.2) is 0 Å². The van der Waals surface area contributed by atoms with E-state index in [1.165, 1.54) is 6.07 Å². The van der Waals surface area contributed by atoms with Gasteiger partial charge in [0.25, 0.3) is 23.6 Å². The van der Waals surface area contributed by atoms with E-state index < -0.39 is 40.5 Å². The molecule has 3 aliphatic heterocycles. The SMILES string of the molecule is CC1(C)C(NC(=O)c2ccc3c(c2)C(=O)N(CCOCCNc2cccc4c2C(=O)N(C2CCC(=O)NC2=O)C4=O)C3)C(C)(C)C1Oc1ccc(C#N)c(Cl)c1. The highest BCUT2D eigenvalue weighted by molar-refractivity contribution is 6.31. The van der Waals surface area contributed by atoms with Crippen molar-refractivity contribution in [1.29, 1.82) is 5.26 Å². The van der Waals surface area contributed by atoms with Crippen LogP contribution >= 0.6 is 11.6 Å². The van der Waals surface area contributed by atoms with Gasteiger partial charge in [-0.3, -0.25) is 39.0 Å². The Kier molecular flexibility index (Phi) is 10.1. The fourth-order valence-corrected chi connectivity index (χ4v) is 8.90. The Morgan fingerprint density at radius 2 is 1.73 bits per heavy atom. The normalized spacial score (nSPS) is 21.9. The molecule has 290 valence electrons. The van der Waals surface area contributed by atoms with Crippen molar-refractivity contribution in [2.45, 2.75) is 65.3 Å². The Labute approximate surface area is 328 Å². The molecule has 0 aromatic heterocycles. The molecular formula is C41H41ClN6O8. The maximum absolute atomic E-state index is 13.6. The van der Waals surface area contributed by atoms with Crippen LogP contribution in [0.15, 0.2) is 54.6 Å². The highest BCUT2D eigenvalue weighted by Crippen LogP contribution is 2.55. The summed E-state index contributed by atoms with van der Waals surface area (Å²) in [7, 11) is 0. The predicted molar refractivity (Wildman–Crippen MR) is 203 cm³/mol. The number of nitrogens with one attached hydrogen (secondary N) is 3. The third kappa shape index (κ3) is 6.75. The molecule has 3 aromatic rings. The van der Waals surface area contributed by atoms with Gasteiger partial charge in [-0.15, -0.1) is 0 Å². The number of rotatable bonds is 12. The lowest BCUT2D eigenvalue weighted by molar-refractivity contribution is -0.164. The molecule has 15 heteroatoms. The van der Waals surface area contributed by atoms with Crippen molar-refractivity contribution in [3.05, 3.63) is 93.0 Å². The van der Waals surface area contributed by atoms with E-state index in [1.54, 1.807) is 53.4 Å². The van der Waals surface area contributed by atoms with E-state index in [1.807, 2.05) is 33.8 Å². The molecule has 2 fully saturated rings. The van der Waals surface area contributed by atoms with E-state index in [4.69, 9.17) is 21.1 Å². The van der Waals surface area contributed by atoms with Crippen LogP contribution in [0.4, 0.5) is 5.69 Å². The van der Waals surface area contributed by atoms with Gasteiger partial charge < -0.3 is 25.0 Å². The van der Waals surface area contributed by atoms with E-state index in [2.05, 4.69) is 16.0 Å². The van der Waals surface area contributed by atoms with Gasteiger partial charge in [0.2, 0.25) is 11.8 Å². The number of carbonyl (C=O) groups excluding carboxylic acids is 6. The van der Waals surface area contributed by atoms with Gasteiger partial charge in [-0.05, 0) is 48.4 Å². The number of fused-ring (bicyclic) bond motifs is 2.